The van der Waals surface area contributed by atoms with Crippen molar-refractivity contribution < 1.29 is 9.52 Å². The van der Waals surface area contributed by atoms with Gasteiger partial charge in [-0.05, 0) is 50.6 Å². The van der Waals surface area contributed by atoms with Crippen LogP contribution in [-0.4, -0.2) is 55.2 Å². The van der Waals surface area contributed by atoms with Crippen molar-refractivity contribution in [1.82, 2.24) is 10.2 Å². The summed E-state index contributed by atoms with van der Waals surface area (Å²) in [6, 6.07) is 12.2. The number of aliphatic imine (C=N–C) groups is 1. The highest BCUT2D eigenvalue weighted by Crippen LogP contribution is 2.22. The number of hydrogen-bond donors (Lipinski definition) is 2. The van der Waals surface area contributed by atoms with Gasteiger partial charge in [0.2, 0.25) is 0 Å². The smallest absolute Gasteiger partial charge is 0.194 e. The van der Waals surface area contributed by atoms with E-state index in [1.807, 2.05) is 0 Å². The lowest BCUT2D eigenvalue weighted by Gasteiger charge is -2.38. The van der Waals surface area contributed by atoms with E-state index in [1.165, 1.54) is 11.3 Å². The van der Waals surface area contributed by atoms with Gasteiger partial charge in [0.25, 0.3) is 0 Å². The van der Waals surface area contributed by atoms with Crippen molar-refractivity contribution in [2.75, 3.05) is 44.2 Å². The van der Waals surface area contributed by atoms with Gasteiger partial charge in [0.1, 0.15) is 11.4 Å². The van der Waals surface area contributed by atoms with E-state index in [4.69, 9.17) is 4.42 Å². The van der Waals surface area contributed by atoms with Crippen molar-refractivity contribution in [3.8, 4) is 0 Å². The quantitative estimate of drug-likeness (QED) is 0.377. The number of rotatable bonds is 5. The summed E-state index contributed by atoms with van der Waals surface area (Å²) >= 11 is 0. The Morgan fingerprint density at radius 3 is 2.57 bits per heavy atom. The van der Waals surface area contributed by atoms with Gasteiger partial charge in [-0.25, -0.2) is 4.99 Å². The van der Waals surface area contributed by atoms with Crippen molar-refractivity contribution in [3.05, 3.63) is 54.0 Å². The average Bonchev–Trinajstić information content (AvgIpc) is 3.21. The molecule has 1 aromatic carbocycles. The molecule has 28 heavy (non-hydrogen) atoms. The number of hydrogen-bond acceptors (Lipinski definition) is 4. The molecule has 1 atom stereocenters. The Morgan fingerprint density at radius 1 is 1.21 bits per heavy atom. The SMILES string of the molecule is CCNC(=NCC(C)(O)c1ccco1)N1CCN(c2cccc(C)c2)CC1.I. The molecule has 0 aliphatic carbocycles. The molecule has 1 aliphatic rings. The number of aryl methyl sites for hydroxylation is 1. The number of guanidine groups is 1. The predicted octanol–water partition coefficient (Wildman–Crippen LogP) is 3.20. The van der Waals surface area contributed by atoms with Gasteiger partial charge in [-0.15, -0.1) is 24.0 Å². The molecular weight excluding hydrogens is 467 g/mol. The van der Waals surface area contributed by atoms with Crippen LogP contribution in [0.3, 0.4) is 0 Å². The molecule has 1 saturated heterocycles. The van der Waals surface area contributed by atoms with Crippen molar-refractivity contribution in [2.24, 2.45) is 4.99 Å². The van der Waals surface area contributed by atoms with Gasteiger partial charge < -0.3 is 24.6 Å². The molecule has 0 saturated carbocycles. The Labute approximate surface area is 184 Å². The van der Waals surface area contributed by atoms with E-state index in [0.717, 1.165) is 38.7 Å². The molecule has 1 aromatic heterocycles. The highest BCUT2D eigenvalue weighted by Gasteiger charge is 2.27. The fourth-order valence-electron chi connectivity index (χ4n) is 3.32. The van der Waals surface area contributed by atoms with Crippen molar-refractivity contribution in [2.45, 2.75) is 26.4 Å². The summed E-state index contributed by atoms with van der Waals surface area (Å²) in [4.78, 5) is 9.35. The first kappa shape index (κ1) is 22.5. The summed E-state index contributed by atoms with van der Waals surface area (Å²) in [6.07, 6.45) is 1.57. The molecule has 2 aromatic rings. The number of halogens is 1. The van der Waals surface area contributed by atoms with Crippen LogP contribution < -0.4 is 10.2 Å². The molecular formula is C21H31IN4O2. The lowest BCUT2D eigenvalue weighted by atomic mass is 10.0. The Hall–Kier alpha value is -1.74. The Morgan fingerprint density at radius 2 is 1.96 bits per heavy atom. The molecule has 0 spiro atoms. The largest absolute Gasteiger partial charge is 0.466 e. The molecule has 6 nitrogen and oxygen atoms in total. The maximum absolute atomic E-state index is 10.7. The minimum Gasteiger partial charge on any atom is -0.466 e. The number of benzene rings is 1. The highest BCUT2D eigenvalue weighted by molar-refractivity contribution is 14.0. The number of anilines is 1. The van der Waals surface area contributed by atoms with Crippen LogP contribution in [-0.2, 0) is 5.60 Å². The Bertz CT molecular complexity index is 754. The van der Waals surface area contributed by atoms with E-state index in [0.29, 0.717) is 5.76 Å². The predicted molar refractivity (Wildman–Crippen MR) is 125 cm³/mol. The van der Waals surface area contributed by atoms with E-state index in [1.54, 1.807) is 25.3 Å². The third kappa shape index (κ3) is 5.64. The van der Waals surface area contributed by atoms with Crippen LogP contribution in [0.4, 0.5) is 5.69 Å². The lowest BCUT2D eigenvalue weighted by molar-refractivity contribution is 0.0434. The van der Waals surface area contributed by atoms with Crippen LogP contribution in [0.25, 0.3) is 0 Å². The molecule has 0 bridgehead atoms. The van der Waals surface area contributed by atoms with E-state index in [-0.39, 0.29) is 30.5 Å². The number of furan rings is 1. The molecule has 2 N–H and O–H groups in total. The first-order valence-electron chi connectivity index (χ1n) is 9.61. The van der Waals surface area contributed by atoms with Crippen LogP contribution in [0.15, 0.2) is 52.1 Å². The van der Waals surface area contributed by atoms with Crippen LogP contribution in [0.1, 0.15) is 25.2 Å². The lowest BCUT2D eigenvalue weighted by Crippen LogP contribution is -2.52. The number of aliphatic hydroxyl groups is 1. The molecule has 2 heterocycles. The van der Waals surface area contributed by atoms with Crippen molar-refractivity contribution >= 4 is 35.6 Å². The second-order valence-corrected chi connectivity index (χ2v) is 7.23. The zero-order valence-electron chi connectivity index (χ0n) is 16.9. The number of nitrogens with zero attached hydrogens (tertiary/aromatic N) is 3. The highest BCUT2D eigenvalue weighted by atomic mass is 127. The zero-order valence-corrected chi connectivity index (χ0v) is 19.2. The zero-order chi connectivity index (χ0) is 19.3. The van der Waals surface area contributed by atoms with Gasteiger partial charge in [0.05, 0.1) is 12.8 Å². The normalized spacial score (nSPS) is 17.1. The molecule has 0 radical (unpaired) electrons. The van der Waals surface area contributed by atoms with Crippen LogP contribution in [0.2, 0.25) is 0 Å². The third-order valence-corrected chi connectivity index (χ3v) is 4.87. The number of piperazine rings is 1. The topological polar surface area (TPSA) is 64.2 Å². The summed E-state index contributed by atoms with van der Waals surface area (Å²) in [7, 11) is 0. The first-order chi connectivity index (χ1) is 13.0. The molecule has 1 unspecified atom stereocenters. The third-order valence-electron chi connectivity index (χ3n) is 4.87. The average molecular weight is 498 g/mol. The Kier molecular flexibility index (Phi) is 8.18. The molecule has 154 valence electrons. The van der Waals surface area contributed by atoms with Gasteiger partial charge in [-0.1, -0.05) is 12.1 Å². The standard InChI is InChI=1S/C21H30N4O2.HI/c1-4-22-20(23-16-21(3,26)19-9-6-14-27-19)25-12-10-24(11-13-25)18-8-5-7-17(2)15-18;/h5-9,14-15,26H,4,10-13,16H2,1-3H3,(H,22,23);1H. The van der Waals surface area contributed by atoms with E-state index in [2.05, 4.69) is 58.2 Å². The fourth-order valence-corrected chi connectivity index (χ4v) is 3.32. The van der Waals surface area contributed by atoms with E-state index in [9.17, 15) is 5.11 Å². The molecule has 0 amide bonds. The second kappa shape index (κ2) is 10.2. The summed E-state index contributed by atoms with van der Waals surface area (Å²) in [5.74, 6) is 1.37. The minimum atomic E-state index is -1.12. The molecule has 3 rings (SSSR count). The maximum atomic E-state index is 10.7. The van der Waals surface area contributed by atoms with Crippen molar-refractivity contribution in [3.63, 3.8) is 0 Å². The van der Waals surface area contributed by atoms with Gasteiger partial charge in [0.15, 0.2) is 5.96 Å². The summed E-state index contributed by atoms with van der Waals surface area (Å²) in [5, 5.41) is 14.0. The van der Waals surface area contributed by atoms with Gasteiger partial charge in [-0.3, -0.25) is 0 Å². The summed E-state index contributed by atoms with van der Waals surface area (Å²) in [6.45, 7) is 10.6. The number of nitrogens with one attached hydrogen (secondary N) is 1. The minimum absolute atomic E-state index is 0. The van der Waals surface area contributed by atoms with Gasteiger partial charge in [0, 0.05) is 38.4 Å². The summed E-state index contributed by atoms with van der Waals surface area (Å²) in [5.41, 5.74) is 1.44. The molecule has 7 heteroatoms. The summed E-state index contributed by atoms with van der Waals surface area (Å²) < 4.78 is 5.35. The van der Waals surface area contributed by atoms with Gasteiger partial charge in [-0.2, -0.15) is 0 Å². The Balaban J connectivity index is 0.00000280. The maximum Gasteiger partial charge on any atom is 0.194 e. The van der Waals surface area contributed by atoms with Crippen LogP contribution in [0.5, 0.6) is 0 Å². The van der Waals surface area contributed by atoms with Crippen LogP contribution >= 0.6 is 24.0 Å². The second-order valence-electron chi connectivity index (χ2n) is 7.23. The monoisotopic (exact) mass is 498 g/mol. The fraction of sp³-hybridized carbons (Fsp3) is 0.476. The van der Waals surface area contributed by atoms with E-state index >= 15 is 0 Å². The van der Waals surface area contributed by atoms with E-state index < -0.39 is 5.60 Å². The molecule has 1 aliphatic heterocycles. The van der Waals surface area contributed by atoms with Crippen molar-refractivity contribution in [1.29, 1.82) is 0 Å². The first-order valence-corrected chi connectivity index (χ1v) is 9.61. The molecule has 1 fully saturated rings. The van der Waals surface area contributed by atoms with Crippen LogP contribution in [0, 0.1) is 6.92 Å². The van der Waals surface area contributed by atoms with Gasteiger partial charge >= 0.3 is 0 Å².